The second-order valence-electron chi connectivity index (χ2n) is 7.21. The Hall–Kier alpha value is -3.15. The maximum absolute atomic E-state index is 12.9. The van der Waals surface area contributed by atoms with Crippen LogP contribution in [0.3, 0.4) is 0 Å². The van der Waals surface area contributed by atoms with E-state index in [1.54, 1.807) is 38.3 Å². The van der Waals surface area contributed by atoms with Gasteiger partial charge in [-0.15, -0.1) is 0 Å². The van der Waals surface area contributed by atoms with Crippen molar-refractivity contribution in [3.63, 3.8) is 0 Å². The van der Waals surface area contributed by atoms with E-state index in [1.165, 1.54) is 0 Å². The maximum Gasteiger partial charge on any atom is 0.262 e. The number of amides is 3. The molecule has 0 saturated carbocycles. The Labute approximate surface area is 164 Å². The van der Waals surface area contributed by atoms with E-state index in [4.69, 9.17) is 4.74 Å². The molecule has 2 atom stereocenters. The van der Waals surface area contributed by atoms with Crippen LogP contribution in [-0.2, 0) is 4.79 Å². The molecule has 0 radical (unpaired) electrons. The molecular formula is C22H24N2O4. The second kappa shape index (κ2) is 7.84. The third kappa shape index (κ3) is 3.50. The molecule has 1 N–H and O–H groups in total. The van der Waals surface area contributed by atoms with Gasteiger partial charge in [0.2, 0.25) is 5.91 Å². The number of methoxy groups -OCH3 is 1. The van der Waals surface area contributed by atoms with Gasteiger partial charge in [0.15, 0.2) is 0 Å². The van der Waals surface area contributed by atoms with Crippen molar-refractivity contribution < 1.29 is 19.1 Å². The van der Waals surface area contributed by atoms with E-state index < -0.39 is 17.9 Å². The molecule has 0 saturated heterocycles. The zero-order valence-electron chi connectivity index (χ0n) is 16.4. The third-order valence-corrected chi connectivity index (χ3v) is 5.03. The minimum Gasteiger partial charge on any atom is -0.497 e. The van der Waals surface area contributed by atoms with Gasteiger partial charge in [0.1, 0.15) is 11.8 Å². The van der Waals surface area contributed by atoms with Crippen molar-refractivity contribution in [2.24, 2.45) is 5.92 Å². The van der Waals surface area contributed by atoms with Crippen molar-refractivity contribution in [3.8, 4) is 5.75 Å². The van der Waals surface area contributed by atoms with Crippen LogP contribution in [0, 0.1) is 5.92 Å². The molecule has 1 aliphatic rings. The number of nitrogens with one attached hydrogen (secondary N) is 1. The van der Waals surface area contributed by atoms with Crippen LogP contribution in [0.2, 0.25) is 0 Å². The van der Waals surface area contributed by atoms with Crippen LogP contribution in [0.15, 0.2) is 48.5 Å². The molecule has 0 fully saturated rings. The summed E-state index contributed by atoms with van der Waals surface area (Å²) in [6.07, 6.45) is 0. The monoisotopic (exact) mass is 380 g/mol. The number of benzene rings is 2. The highest BCUT2D eigenvalue weighted by atomic mass is 16.5. The van der Waals surface area contributed by atoms with E-state index in [2.05, 4.69) is 5.32 Å². The fraction of sp³-hybridized carbons (Fsp3) is 0.318. The molecule has 0 bridgehead atoms. The maximum atomic E-state index is 12.9. The summed E-state index contributed by atoms with van der Waals surface area (Å²) in [7, 11) is 1.60. The Bertz CT molecular complexity index is 870. The first-order valence-electron chi connectivity index (χ1n) is 9.26. The molecule has 0 spiro atoms. The lowest BCUT2D eigenvalue weighted by molar-refractivity contribution is -0.125. The Kier molecular flexibility index (Phi) is 5.49. The average Bonchev–Trinajstić information content (AvgIpc) is 2.96. The molecule has 0 aromatic heterocycles. The van der Waals surface area contributed by atoms with Gasteiger partial charge in [-0.05, 0) is 42.7 Å². The second-order valence-corrected chi connectivity index (χ2v) is 7.21. The van der Waals surface area contributed by atoms with E-state index in [0.29, 0.717) is 11.1 Å². The van der Waals surface area contributed by atoms with Gasteiger partial charge < -0.3 is 10.1 Å². The summed E-state index contributed by atoms with van der Waals surface area (Å²) in [5.74, 6) is -0.393. The van der Waals surface area contributed by atoms with Crippen molar-refractivity contribution in [3.05, 3.63) is 65.2 Å². The zero-order chi connectivity index (χ0) is 20.4. The molecule has 1 heterocycles. The number of carbonyl (C=O) groups is 3. The lowest BCUT2D eigenvalue weighted by atomic mass is 9.95. The van der Waals surface area contributed by atoms with Crippen molar-refractivity contribution in [1.82, 2.24) is 10.2 Å². The van der Waals surface area contributed by atoms with Crippen LogP contribution in [0.1, 0.15) is 53.1 Å². The molecule has 28 heavy (non-hydrogen) atoms. The molecule has 0 aliphatic carbocycles. The molecule has 3 rings (SSSR count). The number of fused-ring (bicyclic) bond motifs is 1. The highest BCUT2D eigenvalue weighted by Gasteiger charge is 2.41. The number of hydrogen-bond donors (Lipinski definition) is 1. The number of rotatable bonds is 6. The minimum atomic E-state index is -0.910. The van der Waals surface area contributed by atoms with Gasteiger partial charge in [0.25, 0.3) is 11.8 Å². The number of nitrogens with zero attached hydrogens (tertiary/aromatic N) is 1. The van der Waals surface area contributed by atoms with Gasteiger partial charge in [-0.2, -0.15) is 0 Å². The summed E-state index contributed by atoms with van der Waals surface area (Å²) in [4.78, 5) is 39.2. The average molecular weight is 380 g/mol. The standard InChI is InChI=1S/C22H24N2O4/c1-13(2)19(15-9-11-16(28-4)12-10-15)23-20(25)14(3)24-21(26)17-7-5-6-8-18(17)22(24)27/h5-14,19H,1-4H3,(H,23,25). The van der Waals surface area contributed by atoms with E-state index in [-0.39, 0.29) is 17.9 Å². The summed E-state index contributed by atoms with van der Waals surface area (Å²) in [5, 5.41) is 2.99. The van der Waals surface area contributed by atoms with Gasteiger partial charge in [-0.3, -0.25) is 19.3 Å². The molecule has 1 aliphatic heterocycles. The van der Waals surface area contributed by atoms with Crippen LogP contribution in [-0.4, -0.2) is 35.8 Å². The van der Waals surface area contributed by atoms with Crippen LogP contribution >= 0.6 is 0 Å². The number of ether oxygens (including phenoxy) is 1. The lowest BCUT2D eigenvalue weighted by Gasteiger charge is -2.27. The predicted molar refractivity (Wildman–Crippen MR) is 105 cm³/mol. The largest absolute Gasteiger partial charge is 0.497 e. The molecule has 146 valence electrons. The normalized spacial score (nSPS) is 15.4. The highest BCUT2D eigenvalue weighted by Crippen LogP contribution is 2.27. The zero-order valence-corrected chi connectivity index (χ0v) is 16.4. The molecular weight excluding hydrogens is 356 g/mol. The first-order chi connectivity index (χ1) is 13.3. The van der Waals surface area contributed by atoms with Crippen molar-refractivity contribution in [1.29, 1.82) is 0 Å². The van der Waals surface area contributed by atoms with Crippen molar-refractivity contribution >= 4 is 17.7 Å². The Morgan fingerprint density at radius 2 is 1.46 bits per heavy atom. The van der Waals surface area contributed by atoms with E-state index in [0.717, 1.165) is 16.2 Å². The van der Waals surface area contributed by atoms with Gasteiger partial charge in [0, 0.05) is 0 Å². The van der Waals surface area contributed by atoms with Gasteiger partial charge >= 0.3 is 0 Å². The van der Waals surface area contributed by atoms with Crippen LogP contribution < -0.4 is 10.1 Å². The number of carbonyl (C=O) groups excluding carboxylic acids is 3. The van der Waals surface area contributed by atoms with Gasteiger partial charge in [0.05, 0.1) is 24.3 Å². The molecule has 2 unspecified atom stereocenters. The van der Waals surface area contributed by atoms with Gasteiger partial charge in [-0.25, -0.2) is 0 Å². The Morgan fingerprint density at radius 3 is 1.93 bits per heavy atom. The minimum absolute atomic E-state index is 0.117. The fourth-order valence-electron chi connectivity index (χ4n) is 3.40. The summed E-state index contributed by atoms with van der Waals surface area (Å²) >= 11 is 0. The van der Waals surface area contributed by atoms with Crippen LogP contribution in [0.25, 0.3) is 0 Å². The van der Waals surface area contributed by atoms with E-state index in [1.807, 2.05) is 38.1 Å². The summed E-state index contributed by atoms with van der Waals surface area (Å²) in [6.45, 7) is 5.58. The first-order valence-corrected chi connectivity index (χ1v) is 9.26. The summed E-state index contributed by atoms with van der Waals surface area (Å²) < 4.78 is 5.18. The quantitative estimate of drug-likeness (QED) is 0.781. The topological polar surface area (TPSA) is 75.7 Å². The Balaban J connectivity index is 1.79. The highest BCUT2D eigenvalue weighted by molar-refractivity contribution is 6.22. The fourth-order valence-corrected chi connectivity index (χ4v) is 3.40. The molecule has 2 aromatic rings. The number of imide groups is 1. The Morgan fingerprint density at radius 1 is 0.929 bits per heavy atom. The SMILES string of the molecule is COc1ccc(C(NC(=O)C(C)N2C(=O)c3ccccc3C2=O)C(C)C)cc1. The first kappa shape index (κ1) is 19.6. The van der Waals surface area contributed by atoms with Crippen molar-refractivity contribution in [2.75, 3.05) is 7.11 Å². The summed E-state index contributed by atoms with van der Waals surface area (Å²) in [6, 6.07) is 12.9. The molecule has 6 heteroatoms. The molecule has 2 aromatic carbocycles. The van der Waals surface area contributed by atoms with Gasteiger partial charge in [-0.1, -0.05) is 38.1 Å². The molecule has 6 nitrogen and oxygen atoms in total. The third-order valence-electron chi connectivity index (χ3n) is 5.03. The van der Waals surface area contributed by atoms with Crippen LogP contribution in [0.4, 0.5) is 0 Å². The molecule has 3 amide bonds. The smallest absolute Gasteiger partial charge is 0.262 e. The number of hydrogen-bond acceptors (Lipinski definition) is 4. The summed E-state index contributed by atoms with van der Waals surface area (Å²) in [5.41, 5.74) is 1.60. The van der Waals surface area contributed by atoms with Crippen LogP contribution in [0.5, 0.6) is 5.75 Å². The van der Waals surface area contributed by atoms with E-state index >= 15 is 0 Å². The lowest BCUT2D eigenvalue weighted by Crippen LogP contribution is -2.49. The van der Waals surface area contributed by atoms with Crippen molar-refractivity contribution in [2.45, 2.75) is 32.9 Å². The predicted octanol–water partition coefficient (Wildman–Crippen LogP) is 3.19. The van der Waals surface area contributed by atoms with E-state index in [9.17, 15) is 14.4 Å².